The van der Waals surface area contributed by atoms with Crippen LogP contribution in [0.2, 0.25) is 0 Å². The fourth-order valence-electron chi connectivity index (χ4n) is 3.29. The van der Waals surface area contributed by atoms with Crippen LogP contribution >= 0.6 is 24.0 Å². The first-order valence-electron chi connectivity index (χ1n) is 8.49. The molecule has 5 nitrogen and oxygen atoms in total. The van der Waals surface area contributed by atoms with Crippen LogP contribution in [0.25, 0.3) is 0 Å². The van der Waals surface area contributed by atoms with Gasteiger partial charge in [-0.15, -0.1) is 24.0 Å². The van der Waals surface area contributed by atoms with Crippen molar-refractivity contribution in [2.75, 3.05) is 25.1 Å². The molecule has 1 heterocycles. The Bertz CT molecular complexity index is 808. The van der Waals surface area contributed by atoms with Crippen molar-refractivity contribution in [1.82, 2.24) is 10.6 Å². The molecule has 0 radical (unpaired) electrons. The summed E-state index contributed by atoms with van der Waals surface area (Å²) in [6, 6.07) is 5.27. The van der Waals surface area contributed by atoms with Gasteiger partial charge in [0.15, 0.2) is 15.8 Å². The summed E-state index contributed by atoms with van der Waals surface area (Å²) >= 11 is 0. The molecule has 0 amide bonds. The molecule has 3 rings (SSSR count). The average molecular weight is 517 g/mol. The van der Waals surface area contributed by atoms with Gasteiger partial charge in [0.25, 0.3) is 0 Å². The molecular formula is C17H23F3IN3O2S. The summed E-state index contributed by atoms with van der Waals surface area (Å²) in [5.74, 6) is 0.716. The smallest absolute Gasteiger partial charge is 0.356 e. The summed E-state index contributed by atoms with van der Waals surface area (Å²) in [5, 5.41) is 6.23. The molecule has 1 aromatic carbocycles. The maximum absolute atomic E-state index is 12.9. The lowest BCUT2D eigenvalue weighted by molar-refractivity contribution is -0.137. The van der Waals surface area contributed by atoms with Crippen molar-refractivity contribution in [2.24, 2.45) is 4.99 Å². The quantitative estimate of drug-likeness (QED) is 0.366. The van der Waals surface area contributed by atoms with E-state index in [1.54, 1.807) is 13.1 Å². The summed E-state index contributed by atoms with van der Waals surface area (Å²) in [6.07, 6.45) is -2.22. The number of sulfone groups is 1. The van der Waals surface area contributed by atoms with Gasteiger partial charge in [-0.3, -0.25) is 4.99 Å². The average Bonchev–Trinajstić information content (AvgIpc) is 3.29. The summed E-state index contributed by atoms with van der Waals surface area (Å²) in [4.78, 5) is 4.10. The van der Waals surface area contributed by atoms with E-state index in [4.69, 9.17) is 0 Å². The van der Waals surface area contributed by atoms with Gasteiger partial charge in [-0.2, -0.15) is 13.2 Å². The lowest BCUT2D eigenvalue weighted by atomic mass is 9.94. The molecule has 1 saturated carbocycles. The SMILES string of the molecule is CN=C(NCC1(c2cccc(C(F)(F)F)c2)CC1)NC1CCS(=O)(=O)C1.I. The topological polar surface area (TPSA) is 70.6 Å². The van der Waals surface area contributed by atoms with Crippen LogP contribution in [0, 0.1) is 0 Å². The monoisotopic (exact) mass is 517 g/mol. The van der Waals surface area contributed by atoms with Crippen LogP contribution in [-0.4, -0.2) is 45.5 Å². The highest BCUT2D eigenvalue weighted by atomic mass is 127. The van der Waals surface area contributed by atoms with Crippen molar-refractivity contribution in [1.29, 1.82) is 0 Å². The van der Waals surface area contributed by atoms with Gasteiger partial charge in [-0.05, 0) is 30.9 Å². The van der Waals surface area contributed by atoms with Crippen LogP contribution < -0.4 is 10.6 Å². The maximum atomic E-state index is 12.9. The van der Waals surface area contributed by atoms with Crippen LogP contribution in [0.4, 0.5) is 13.2 Å². The Morgan fingerprint density at radius 2 is 2.04 bits per heavy atom. The van der Waals surface area contributed by atoms with Crippen LogP contribution in [0.3, 0.4) is 0 Å². The minimum absolute atomic E-state index is 0. The number of nitrogens with one attached hydrogen (secondary N) is 2. The van der Waals surface area contributed by atoms with Gasteiger partial charge >= 0.3 is 6.18 Å². The zero-order valence-corrected chi connectivity index (χ0v) is 18.0. The molecule has 2 aliphatic rings. The van der Waals surface area contributed by atoms with Gasteiger partial charge in [0.1, 0.15) is 0 Å². The molecular weight excluding hydrogens is 494 g/mol. The number of guanidine groups is 1. The number of hydrogen-bond acceptors (Lipinski definition) is 3. The number of hydrogen-bond donors (Lipinski definition) is 2. The zero-order valence-electron chi connectivity index (χ0n) is 14.8. The van der Waals surface area contributed by atoms with E-state index in [1.165, 1.54) is 12.1 Å². The fraction of sp³-hybridized carbons (Fsp3) is 0.588. The first-order valence-corrected chi connectivity index (χ1v) is 10.3. The van der Waals surface area contributed by atoms with Crippen LogP contribution in [0.1, 0.15) is 30.4 Å². The second kappa shape index (κ2) is 8.14. The minimum Gasteiger partial charge on any atom is -0.356 e. The third-order valence-corrected chi connectivity index (χ3v) is 6.81. The predicted octanol–water partition coefficient (Wildman–Crippen LogP) is 2.71. The third kappa shape index (κ3) is 5.49. The Hall–Kier alpha value is -1.04. The maximum Gasteiger partial charge on any atom is 0.416 e. The van der Waals surface area contributed by atoms with E-state index >= 15 is 0 Å². The predicted molar refractivity (Wildman–Crippen MR) is 109 cm³/mol. The van der Waals surface area contributed by atoms with Crippen molar-refractivity contribution in [3.63, 3.8) is 0 Å². The molecule has 1 aliphatic carbocycles. The molecule has 1 aromatic rings. The summed E-state index contributed by atoms with van der Waals surface area (Å²) < 4.78 is 61.9. The third-order valence-electron chi connectivity index (χ3n) is 5.05. The molecule has 0 spiro atoms. The Kier molecular flexibility index (Phi) is 6.71. The van der Waals surface area contributed by atoms with Gasteiger partial charge in [-0.1, -0.05) is 18.2 Å². The Morgan fingerprint density at radius 3 is 2.56 bits per heavy atom. The van der Waals surface area contributed by atoms with Gasteiger partial charge in [0, 0.05) is 25.0 Å². The van der Waals surface area contributed by atoms with E-state index < -0.39 is 21.6 Å². The molecule has 27 heavy (non-hydrogen) atoms. The second-order valence-corrected chi connectivity index (χ2v) is 9.26. The number of benzene rings is 1. The van der Waals surface area contributed by atoms with Crippen molar-refractivity contribution in [3.05, 3.63) is 35.4 Å². The van der Waals surface area contributed by atoms with E-state index in [0.29, 0.717) is 24.5 Å². The first-order chi connectivity index (χ1) is 12.1. The number of nitrogens with zero attached hydrogens (tertiary/aromatic N) is 1. The molecule has 2 N–H and O–H groups in total. The largest absolute Gasteiger partial charge is 0.416 e. The van der Waals surface area contributed by atoms with Crippen molar-refractivity contribution >= 4 is 39.8 Å². The van der Waals surface area contributed by atoms with Crippen molar-refractivity contribution < 1.29 is 21.6 Å². The molecule has 1 aliphatic heterocycles. The zero-order chi connectivity index (χ0) is 19.0. The molecule has 1 atom stereocenters. The lowest BCUT2D eigenvalue weighted by Crippen LogP contribution is -2.46. The van der Waals surface area contributed by atoms with Gasteiger partial charge in [0.2, 0.25) is 0 Å². The van der Waals surface area contributed by atoms with Crippen LogP contribution in [-0.2, 0) is 21.4 Å². The summed E-state index contributed by atoms with van der Waals surface area (Å²) in [6.45, 7) is 0.452. The number of rotatable bonds is 4. The van der Waals surface area contributed by atoms with Crippen molar-refractivity contribution in [3.8, 4) is 0 Å². The van der Waals surface area contributed by atoms with Gasteiger partial charge < -0.3 is 10.6 Å². The number of alkyl halides is 3. The lowest BCUT2D eigenvalue weighted by Gasteiger charge is -2.21. The molecule has 152 valence electrons. The van der Waals surface area contributed by atoms with Crippen LogP contribution in [0.15, 0.2) is 29.3 Å². The van der Waals surface area contributed by atoms with E-state index in [1.807, 2.05) is 0 Å². The minimum atomic E-state index is -4.36. The Labute approximate surface area is 174 Å². The van der Waals surface area contributed by atoms with E-state index in [2.05, 4.69) is 15.6 Å². The molecule has 10 heteroatoms. The van der Waals surface area contributed by atoms with E-state index in [9.17, 15) is 21.6 Å². The normalized spacial score (nSPS) is 23.4. The highest BCUT2D eigenvalue weighted by Crippen LogP contribution is 2.48. The van der Waals surface area contributed by atoms with Gasteiger partial charge in [-0.25, -0.2) is 8.42 Å². The molecule has 1 saturated heterocycles. The fourth-order valence-corrected chi connectivity index (χ4v) is 4.97. The highest BCUT2D eigenvalue weighted by Gasteiger charge is 2.45. The molecule has 0 bridgehead atoms. The highest BCUT2D eigenvalue weighted by molar-refractivity contribution is 14.0. The number of halogens is 4. The van der Waals surface area contributed by atoms with Crippen molar-refractivity contribution in [2.45, 2.75) is 36.9 Å². The Balaban J connectivity index is 0.00000261. The molecule has 1 unspecified atom stereocenters. The van der Waals surface area contributed by atoms with Crippen LogP contribution in [0.5, 0.6) is 0 Å². The Morgan fingerprint density at radius 1 is 1.33 bits per heavy atom. The standard InChI is InChI=1S/C17H22F3N3O2S.HI/c1-21-15(23-14-5-8-26(24,25)10-14)22-11-16(6-7-16)12-3-2-4-13(9-12)17(18,19)20;/h2-4,9,14H,5-8,10-11H2,1H3,(H2,21,22,23);1H. The first kappa shape index (κ1) is 22.3. The van der Waals surface area contributed by atoms with E-state index in [-0.39, 0.29) is 46.9 Å². The number of aliphatic imine (C=N–C) groups is 1. The summed E-state index contributed by atoms with van der Waals surface area (Å²) in [5.41, 5.74) is -0.306. The van der Waals surface area contributed by atoms with Gasteiger partial charge in [0.05, 0.1) is 17.1 Å². The second-order valence-electron chi connectivity index (χ2n) is 7.03. The molecule has 0 aromatic heterocycles. The molecule has 2 fully saturated rings. The summed E-state index contributed by atoms with van der Waals surface area (Å²) in [7, 11) is -1.41. The van der Waals surface area contributed by atoms with E-state index in [0.717, 1.165) is 18.9 Å².